The second kappa shape index (κ2) is 21.1. The fourth-order valence-electron chi connectivity index (χ4n) is 4.60. The number of carbonyl (C=O) groups is 4. The molecule has 4 atom stereocenters. The van der Waals surface area contributed by atoms with Crippen molar-refractivity contribution in [2.45, 2.75) is 38.1 Å². The fourth-order valence-corrected chi connectivity index (χ4v) is 4.60. The summed E-state index contributed by atoms with van der Waals surface area (Å²) in [6.45, 7) is 5.38. The van der Waals surface area contributed by atoms with E-state index in [-0.39, 0.29) is 79.0 Å². The molecule has 14 heteroatoms. The van der Waals surface area contributed by atoms with Crippen LogP contribution in [0.2, 0.25) is 0 Å². The number of carbonyl (C=O) groups excluding carboxylic acids is 4. The third-order valence-corrected chi connectivity index (χ3v) is 7.34. The molecule has 0 aliphatic carbocycles. The van der Waals surface area contributed by atoms with E-state index in [1.54, 1.807) is 74.5 Å². The van der Waals surface area contributed by atoms with Crippen LogP contribution in [-0.2, 0) is 38.0 Å². The predicted octanol–water partition coefficient (Wildman–Crippen LogP) is 2.26. The summed E-state index contributed by atoms with van der Waals surface area (Å²) >= 11 is 0. The maximum absolute atomic E-state index is 13.2. The molecule has 1 heterocycles. The van der Waals surface area contributed by atoms with E-state index in [4.69, 9.17) is 39.9 Å². The van der Waals surface area contributed by atoms with Crippen molar-refractivity contribution in [2.75, 3.05) is 79.0 Å². The van der Waals surface area contributed by atoms with Crippen LogP contribution < -0.4 is 11.5 Å². The number of benzene rings is 2. The van der Waals surface area contributed by atoms with Gasteiger partial charge in [-0.15, -0.1) is 0 Å². The van der Waals surface area contributed by atoms with Gasteiger partial charge in [-0.25, -0.2) is 9.59 Å². The van der Waals surface area contributed by atoms with Crippen molar-refractivity contribution in [3.8, 4) is 0 Å². The number of rotatable bonds is 8. The Morgan fingerprint density at radius 3 is 1.10 bits per heavy atom. The summed E-state index contributed by atoms with van der Waals surface area (Å²) in [5.74, 6) is -0.835. The molecule has 2 aromatic carbocycles. The lowest BCUT2D eigenvalue weighted by Crippen LogP contribution is -2.41. The van der Waals surface area contributed by atoms with Crippen LogP contribution in [-0.4, -0.2) is 125 Å². The van der Waals surface area contributed by atoms with Crippen LogP contribution >= 0.6 is 0 Å². The van der Waals surface area contributed by atoms with Crippen LogP contribution in [0.25, 0.3) is 0 Å². The summed E-state index contributed by atoms with van der Waals surface area (Å²) in [5, 5.41) is 0. The first-order chi connectivity index (χ1) is 23.2. The van der Waals surface area contributed by atoms with Crippen LogP contribution in [0.3, 0.4) is 0 Å². The first-order valence-corrected chi connectivity index (χ1v) is 16.1. The van der Waals surface area contributed by atoms with Crippen LogP contribution in [0.1, 0.15) is 37.2 Å². The lowest BCUT2D eigenvalue weighted by atomic mass is 10.0. The van der Waals surface area contributed by atoms with E-state index in [2.05, 4.69) is 0 Å². The molecule has 264 valence electrons. The van der Waals surface area contributed by atoms with Gasteiger partial charge < -0.3 is 49.7 Å². The van der Waals surface area contributed by atoms with Crippen molar-refractivity contribution >= 4 is 23.8 Å². The van der Waals surface area contributed by atoms with Gasteiger partial charge in [0.15, 0.2) is 23.8 Å². The number of hydrogen-bond donors (Lipinski definition) is 2. The third-order valence-electron chi connectivity index (χ3n) is 7.34. The molecule has 48 heavy (non-hydrogen) atoms. The molecule has 4 N–H and O–H groups in total. The molecule has 0 spiro atoms. The molecule has 4 unspecified atom stereocenters. The fraction of sp³-hybridized carbons (Fsp3) is 0.529. The quantitative estimate of drug-likeness (QED) is 0.418. The Hall–Kier alpha value is -3.92. The molecular weight excluding hydrogens is 624 g/mol. The van der Waals surface area contributed by atoms with E-state index < -0.39 is 48.0 Å². The normalized spacial score (nSPS) is 18.7. The highest BCUT2D eigenvalue weighted by Gasteiger charge is 2.31. The van der Waals surface area contributed by atoms with Crippen molar-refractivity contribution in [1.29, 1.82) is 0 Å². The maximum Gasteiger partial charge on any atom is 0.410 e. The van der Waals surface area contributed by atoms with Gasteiger partial charge in [-0.3, -0.25) is 9.59 Å². The molecule has 1 saturated heterocycles. The van der Waals surface area contributed by atoms with Gasteiger partial charge in [0.1, 0.15) is 0 Å². The lowest BCUT2D eigenvalue weighted by molar-refractivity contribution is -0.129. The molecule has 1 aliphatic heterocycles. The SMILES string of the molecule is CC(N)C(=O)C(OC(=O)N1CCOCCOCCN(C(=O)OC(C(=O)C(C)N)c2ccccc2)CCOCCOCC1)c1ccccc1. The van der Waals surface area contributed by atoms with E-state index in [1.165, 1.54) is 9.80 Å². The van der Waals surface area contributed by atoms with Crippen LogP contribution in [0, 0.1) is 0 Å². The Labute approximate surface area is 281 Å². The van der Waals surface area contributed by atoms with Crippen molar-refractivity contribution in [3.05, 3.63) is 71.8 Å². The van der Waals surface area contributed by atoms with Crippen LogP contribution in [0.5, 0.6) is 0 Å². The minimum absolute atomic E-state index is 0.172. The Balaban J connectivity index is 1.56. The zero-order valence-electron chi connectivity index (χ0n) is 27.7. The lowest BCUT2D eigenvalue weighted by Gasteiger charge is -2.26. The summed E-state index contributed by atoms with van der Waals surface area (Å²) in [4.78, 5) is 54.9. The molecule has 0 radical (unpaired) electrons. The van der Waals surface area contributed by atoms with Gasteiger partial charge in [0.2, 0.25) is 0 Å². The third kappa shape index (κ3) is 12.9. The number of Topliss-reactive ketones (excluding diaryl/α,β-unsaturated/α-hetero) is 2. The largest absolute Gasteiger partial charge is 0.433 e. The number of amides is 2. The zero-order chi connectivity index (χ0) is 34.7. The van der Waals surface area contributed by atoms with Crippen molar-refractivity contribution in [1.82, 2.24) is 9.80 Å². The highest BCUT2D eigenvalue weighted by atomic mass is 16.6. The zero-order valence-corrected chi connectivity index (χ0v) is 27.7. The van der Waals surface area contributed by atoms with Crippen LogP contribution in [0.4, 0.5) is 9.59 Å². The second-order valence-corrected chi connectivity index (χ2v) is 11.2. The first-order valence-electron chi connectivity index (χ1n) is 16.1. The second-order valence-electron chi connectivity index (χ2n) is 11.2. The maximum atomic E-state index is 13.2. The molecule has 0 bridgehead atoms. The number of nitrogens with zero attached hydrogens (tertiary/aromatic N) is 2. The van der Waals surface area contributed by atoms with E-state index in [0.29, 0.717) is 11.1 Å². The van der Waals surface area contributed by atoms with Crippen molar-refractivity contribution in [3.63, 3.8) is 0 Å². The standard InChI is InChI=1S/C34H48N4O10/c1-25(35)29(39)31(27-9-5-3-6-10-27)47-33(41)37-13-17-43-21-23-45-19-15-38(16-20-46-24-22-44-18-14-37)34(42)48-32(30(40)26(2)36)28-11-7-4-8-12-28/h3-12,25-26,31-32H,13-24,35-36H2,1-2H3. The molecule has 3 rings (SSSR count). The monoisotopic (exact) mass is 672 g/mol. The van der Waals surface area contributed by atoms with E-state index >= 15 is 0 Å². The predicted molar refractivity (Wildman–Crippen MR) is 175 cm³/mol. The van der Waals surface area contributed by atoms with Gasteiger partial charge in [-0.2, -0.15) is 0 Å². The Bertz CT molecular complexity index is 1150. The van der Waals surface area contributed by atoms with Crippen molar-refractivity contribution in [2.24, 2.45) is 11.5 Å². The van der Waals surface area contributed by atoms with Gasteiger partial charge >= 0.3 is 12.2 Å². The highest BCUT2D eigenvalue weighted by Crippen LogP contribution is 2.22. The molecular formula is C34H48N4O10. The molecule has 0 aromatic heterocycles. The van der Waals surface area contributed by atoms with Crippen LogP contribution in [0.15, 0.2) is 60.7 Å². The van der Waals surface area contributed by atoms with Gasteiger partial charge in [0.05, 0.1) is 64.9 Å². The van der Waals surface area contributed by atoms with E-state index in [0.717, 1.165) is 0 Å². The summed E-state index contributed by atoms with van der Waals surface area (Å²) < 4.78 is 34.1. The van der Waals surface area contributed by atoms with Gasteiger partial charge in [0, 0.05) is 37.3 Å². The molecule has 0 saturated carbocycles. The van der Waals surface area contributed by atoms with E-state index in [1.807, 2.05) is 0 Å². The highest BCUT2D eigenvalue weighted by molar-refractivity contribution is 5.91. The number of nitrogens with two attached hydrogens (primary N) is 2. The van der Waals surface area contributed by atoms with Gasteiger partial charge in [-0.05, 0) is 13.8 Å². The van der Waals surface area contributed by atoms with Gasteiger partial charge in [0.25, 0.3) is 0 Å². The summed E-state index contributed by atoms with van der Waals surface area (Å²) in [5.41, 5.74) is 12.7. The van der Waals surface area contributed by atoms with E-state index in [9.17, 15) is 19.2 Å². The smallest absolute Gasteiger partial charge is 0.410 e. The molecule has 14 nitrogen and oxygen atoms in total. The summed E-state index contributed by atoms with van der Waals surface area (Å²) in [6.07, 6.45) is -3.70. The topological polar surface area (TPSA) is 182 Å². The Kier molecular flexibility index (Phi) is 17.0. The van der Waals surface area contributed by atoms with Gasteiger partial charge in [-0.1, -0.05) is 60.7 Å². The molecule has 2 aromatic rings. The minimum Gasteiger partial charge on any atom is -0.433 e. The number of hydrogen-bond acceptors (Lipinski definition) is 12. The Morgan fingerprint density at radius 2 is 0.833 bits per heavy atom. The summed E-state index contributed by atoms with van der Waals surface area (Å²) in [7, 11) is 0. The summed E-state index contributed by atoms with van der Waals surface area (Å²) in [6, 6.07) is 15.8. The van der Waals surface area contributed by atoms with Crippen molar-refractivity contribution < 1.29 is 47.6 Å². The first kappa shape index (κ1) is 38.5. The molecule has 1 fully saturated rings. The average molecular weight is 673 g/mol. The Morgan fingerprint density at radius 1 is 0.542 bits per heavy atom. The number of ketones is 2. The number of ether oxygens (including phenoxy) is 6. The molecule has 2 amide bonds. The average Bonchev–Trinajstić information content (AvgIpc) is 3.09. The molecule has 1 aliphatic rings. The minimum atomic E-state index is -1.15.